The largest absolute Gasteiger partial charge is 0.480 e. The summed E-state index contributed by atoms with van der Waals surface area (Å²) in [7, 11) is 0. The lowest BCUT2D eigenvalue weighted by Crippen LogP contribution is -2.38. The number of benzene rings is 3. The molecule has 1 heterocycles. The summed E-state index contributed by atoms with van der Waals surface area (Å²) < 4.78 is 32.4. The highest BCUT2D eigenvalue weighted by Gasteiger charge is 2.30. The van der Waals surface area contributed by atoms with Gasteiger partial charge in [0.2, 0.25) is 0 Å². The Morgan fingerprint density at radius 3 is 2.08 bits per heavy atom. The number of aliphatic carboxylic acids is 1. The minimum Gasteiger partial charge on any atom is -0.480 e. The van der Waals surface area contributed by atoms with Crippen molar-refractivity contribution in [3.63, 3.8) is 0 Å². The molecule has 4 aromatic rings. The molecule has 0 saturated heterocycles. The molecule has 0 radical (unpaired) electrons. The Morgan fingerprint density at radius 1 is 0.925 bits per heavy atom. The first-order valence-corrected chi connectivity index (χ1v) is 13.4. The van der Waals surface area contributed by atoms with E-state index in [1.54, 1.807) is 12.3 Å². The Balaban J connectivity index is 1.64. The van der Waals surface area contributed by atoms with Crippen molar-refractivity contribution in [3.05, 3.63) is 102 Å². The highest BCUT2D eigenvalue weighted by atomic mass is 19.2. The van der Waals surface area contributed by atoms with Crippen LogP contribution in [0.1, 0.15) is 48.4 Å². The van der Waals surface area contributed by atoms with Gasteiger partial charge in [-0.3, -0.25) is 9.59 Å². The summed E-state index contributed by atoms with van der Waals surface area (Å²) in [6.45, 7) is -1.38. The molecule has 5 rings (SSSR count). The van der Waals surface area contributed by atoms with E-state index in [0.29, 0.717) is 29.3 Å². The van der Waals surface area contributed by atoms with Crippen LogP contribution < -0.4 is 5.12 Å². The van der Waals surface area contributed by atoms with E-state index in [9.17, 15) is 19.8 Å². The molecular formula is C31H31F2N3O4. The van der Waals surface area contributed by atoms with Gasteiger partial charge in [0, 0.05) is 23.0 Å². The average Bonchev–Trinajstić information content (AvgIpc) is 3.63. The Labute approximate surface area is 230 Å². The molecule has 1 fully saturated rings. The Hall–Kier alpha value is -4.08. The van der Waals surface area contributed by atoms with Crippen LogP contribution in [0.25, 0.3) is 10.9 Å². The van der Waals surface area contributed by atoms with Crippen LogP contribution in [-0.4, -0.2) is 44.4 Å². The van der Waals surface area contributed by atoms with Crippen LogP contribution >= 0.6 is 0 Å². The number of nitrogens with zero attached hydrogens (tertiary/aromatic N) is 3. The van der Waals surface area contributed by atoms with Gasteiger partial charge in [0.15, 0.2) is 6.04 Å². The number of rotatable bonds is 10. The number of carbonyl (C=O) groups is 2. The maximum absolute atomic E-state index is 15.4. The molecule has 1 aromatic heterocycles. The topological polar surface area (TPSA) is 86.0 Å². The van der Waals surface area contributed by atoms with Crippen LogP contribution in [0.3, 0.4) is 0 Å². The summed E-state index contributed by atoms with van der Waals surface area (Å²) in [5.41, 5.74) is 2.99. The highest BCUT2D eigenvalue weighted by molar-refractivity contribution is 5.96. The van der Waals surface area contributed by atoms with Gasteiger partial charge in [0.1, 0.15) is 0 Å². The molecule has 0 aliphatic heterocycles. The van der Waals surface area contributed by atoms with Crippen molar-refractivity contribution < 1.29 is 28.8 Å². The van der Waals surface area contributed by atoms with E-state index in [1.165, 1.54) is 12.1 Å². The molecule has 1 saturated carbocycles. The Kier molecular flexibility index (Phi) is 8.23. The van der Waals surface area contributed by atoms with Gasteiger partial charge < -0.3 is 14.8 Å². The van der Waals surface area contributed by atoms with E-state index in [1.807, 2.05) is 65.2 Å². The third-order valence-corrected chi connectivity index (χ3v) is 7.65. The second kappa shape index (κ2) is 12.0. The molecule has 7 nitrogen and oxygen atoms in total. The first-order chi connectivity index (χ1) is 19.4. The van der Waals surface area contributed by atoms with Gasteiger partial charge in [-0.2, -0.15) is 0 Å². The van der Waals surface area contributed by atoms with Gasteiger partial charge in [-0.25, -0.2) is 0 Å². The van der Waals surface area contributed by atoms with Crippen LogP contribution in [0.2, 0.25) is 0 Å². The minimum atomic E-state index is -1.76. The zero-order valence-corrected chi connectivity index (χ0v) is 21.9. The molecule has 9 heteroatoms. The number of carboxylic acids is 1. The number of amides is 1. The fraction of sp³-hybridized carbons (Fsp3) is 0.290. The van der Waals surface area contributed by atoms with E-state index in [4.69, 9.17) is 0 Å². The lowest BCUT2D eigenvalue weighted by atomic mass is 9.98. The number of carbonyl (C=O) groups excluding carboxylic acids is 1. The molecule has 208 valence electrons. The van der Waals surface area contributed by atoms with E-state index in [-0.39, 0.29) is 27.9 Å². The Bertz CT molecular complexity index is 1430. The fourth-order valence-corrected chi connectivity index (χ4v) is 5.58. The number of carboxylic acid groups (broad SMARTS) is 1. The van der Waals surface area contributed by atoms with Crippen molar-refractivity contribution in [2.45, 2.75) is 44.3 Å². The van der Waals surface area contributed by atoms with Gasteiger partial charge in [-0.15, -0.1) is 14.7 Å². The number of fused-ring (bicyclic) bond motifs is 1. The Morgan fingerprint density at radius 2 is 1.52 bits per heavy atom. The van der Waals surface area contributed by atoms with Crippen molar-refractivity contribution in [3.8, 4) is 0 Å². The average molecular weight is 548 g/mol. The highest BCUT2D eigenvalue weighted by Crippen LogP contribution is 2.36. The number of aliphatic hydroxyl groups is 1. The van der Waals surface area contributed by atoms with E-state index >= 15 is 8.96 Å². The molecule has 0 bridgehead atoms. The summed E-state index contributed by atoms with van der Waals surface area (Å²) in [5, 5.41) is 19.5. The second-order valence-corrected chi connectivity index (χ2v) is 10.2. The van der Waals surface area contributed by atoms with Crippen molar-refractivity contribution in [1.29, 1.82) is 0 Å². The van der Waals surface area contributed by atoms with Crippen molar-refractivity contribution >= 4 is 28.5 Å². The van der Waals surface area contributed by atoms with Gasteiger partial charge in [0.25, 0.3) is 5.91 Å². The summed E-state index contributed by atoms with van der Waals surface area (Å²) in [4.78, 5) is 24.3. The number of hydrogen-bond donors (Lipinski definition) is 2. The molecule has 40 heavy (non-hydrogen) atoms. The molecule has 0 spiro atoms. The van der Waals surface area contributed by atoms with Crippen LogP contribution in [0, 0.1) is 5.92 Å². The fourth-order valence-electron chi connectivity index (χ4n) is 5.58. The molecule has 1 amide bonds. The normalized spacial score (nSPS) is 14.7. The van der Waals surface area contributed by atoms with Crippen molar-refractivity contribution in [2.24, 2.45) is 5.92 Å². The minimum absolute atomic E-state index is 0.0294. The molecule has 1 aliphatic rings. The van der Waals surface area contributed by atoms with Crippen LogP contribution in [0.4, 0.5) is 14.6 Å². The number of aromatic nitrogens is 1. The summed E-state index contributed by atoms with van der Waals surface area (Å²) in [5.74, 6) is -2.46. The smallest absolute Gasteiger partial charge is 0.326 e. The standard InChI is InChI=1S/C31H31F2N3O4/c32-35(28(20-37)31(39)40)19-24-18-34(29(21-9-3-1-4-10-21)22-11-5-2-6-12-22)27-16-15-25(17-26(24)27)36(33)30(38)23-13-7-8-14-23/h1-6,9-12,15-18,23,28-29,37H,7-8,13-14,19-20H2,(H,39,40). The quantitative estimate of drug-likeness (QED) is 0.245. The zero-order chi connectivity index (χ0) is 28.2. The zero-order valence-electron chi connectivity index (χ0n) is 21.9. The monoisotopic (exact) mass is 547 g/mol. The second-order valence-electron chi connectivity index (χ2n) is 10.2. The first kappa shape index (κ1) is 27.5. The molecule has 1 atom stereocenters. The van der Waals surface area contributed by atoms with Crippen LogP contribution in [0.5, 0.6) is 0 Å². The molecule has 2 N–H and O–H groups in total. The first-order valence-electron chi connectivity index (χ1n) is 13.4. The SMILES string of the molecule is O=C(O)C(CO)N(F)Cc1cn(C(c2ccccc2)c2ccccc2)c2ccc(N(F)C(=O)C3CCCC3)cc12. The summed E-state index contributed by atoms with van der Waals surface area (Å²) in [6, 6.07) is 22.1. The number of halogens is 2. The maximum atomic E-state index is 15.4. The van der Waals surface area contributed by atoms with E-state index in [2.05, 4.69) is 0 Å². The third-order valence-electron chi connectivity index (χ3n) is 7.65. The van der Waals surface area contributed by atoms with Crippen molar-refractivity contribution in [1.82, 2.24) is 9.69 Å². The van der Waals surface area contributed by atoms with E-state index in [0.717, 1.165) is 24.0 Å². The van der Waals surface area contributed by atoms with Gasteiger partial charge in [-0.1, -0.05) is 78.0 Å². The number of hydrogen-bond acceptors (Lipinski definition) is 4. The lowest BCUT2D eigenvalue weighted by molar-refractivity contribution is -0.155. The van der Waals surface area contributed by atoms with Crippen LogP contribution in [0.15, 0.2) is 85.1 Å². The number of aliphatic hydroxyl groups excluding tert-OH is 1. The maximum Gasteiger partial charge on any atom is 0.326 e. The molecule has 1 unspecified atom stereocenters. The number of anilines is 1. The summed E-state index contributed by atoms with van der Waals surface area (Å²) >= 11 is 0. The van der Waals surface area contributed by atoms with Crippen LogP contribution in [-0.2, 0) is 16.1 Å². The molecule has 1 aliphatic carbocycles. The van der Waals surface area contributed by atoms with Gasteiger partial charge in [-0.05, 0) is 47.7 Å². The van der Waals surface area contributed by atoms with Crippen molar-refractivity contribution in [2.75, 3.05) is 11.7 Å². The molecular weight excluding hydrogens is 516 g/mol. The van der Waals surface area contributed by atoms with Gasteiger partial charge in [0.05, 0.1) is 24.9 Å². The predicted molar refractivity (Wildman–Crippen MR) is 148 cm³/mol. The third kappa shape index (κ3) is 5.48. The van der Waals surface area contributed by atoms with Gasteiger partial charge >= 0.3 is 5.97 Å². The lowest BCUT2D eigenvalue weighted by Gasteiger charge is -2.22. The van der Waals surface area contributed by atoms with E-state index < -0.39 is 31.1 Å². The predicted octanol–water partition coefficient (Wildman–Crippen LogP) is 5.82. The summed E-state index contributed by atoms with van der Waals surface area (Å²) in [6.07, 6.45) is 4.79. The molecule has 3 aromatic carbocycles.